The lowest BCUT2D eigenvalue weighted by Gasteiger charge is -2.41. The van der Waals surface area contributed by atoms with E-state index in [1.165, 1.54) is 65.2 Å². The lowest BCUT2D eigenvalue weighted by molar-refractivity contribution is 1.30. The number of aryl methyl sites for hydroxylation is 6. The highest BCUT2D eigenvalue weighted by atomic mass is 32.4. The van der Waals surface area contributed by atoms with Crippen LogP contribution in [0.3, 0.4) is 0 Å². The summed E-state index contributed by atoms with van der Waals surface area (Å²) in [6.07, 6.45) is 0. The molecule has 0 radical (unpaired) electrons. The van der Waals surface area contributed by atoms with Gasteiger partial charge in [0.2, 0.25) is 0 Å². The highest BCUT2D eigenvalue weighted by Crippen LogP contribution is 2.57. The number of fused-ring (bicyclic) bond motifs is 10. The minimum Gasteiger partial charge on any atom is -0.309 e. The van der Waals surface area contributed by atoms with Crippen molar-refractivity contribution in [3.63, 3.8) is 0 Å². The molecule has 338 valence electrons. The van der Waals surface area contributed by atoms with Crippen LogP contribution in [-0.2, 0) is 23.6 Å². The Hall–Kier alpha value is -6.78. The van der Waals surface area contributed by atoms with Crippen LogP contribution < -0.4 is 41.6 Å². The van der Waals surface area contributed by atoms with E-state index >= 15 is 0 Å². The molecule has 0 saturated carbocycles. The number of nitrogens with zero attached hydrogens (tertiary/aromatic N) is 4. The Kier molecular flexibility index (Phi) is 9.81. The van der Waals surface area contributed by atoms with Crippen molar-refractivity contribution in [1.82, 2.24) is 9.97 Å². The second-order valence-corrected chi connectivity index (χ2v) is 27.8. The number of aromatic nitrogens is 2. The van der Waals surface area contributed by atoms with E-state index < -0.39 is 12.1 Å². The second kappa shape index (κ2) is 15.9. The van der Waals surface area contributed by atoms with Gasteiger partial charge in [-0.2, -0.15) is 0 Å². The van der Waals surface area contributed by atoms with E-state index in [9.17, 15) is 0 Å². The van der Waals surface area contributed by atoms with Crippen molar-refractivity contribution in [1.29, 1.82) is 0 Å². The minimum atomic E-state index is -2.42. The van der Waals surface area contributed by atoms with Crippen molar-refractivity contribution in [3.8, 4) is 0 Å². The second-order valence-electron chi connectivity index (χ2n) is 19.2. The van der Waals surface area contributed by atoms with Crippen molar-refractivity contribution in [3.05, 3.63) is 215 Å². The van der Waals surface area contributed by atoms with Gasteiger partial charge in [0, 0.05) is 55.4 Å². The number of rotatable bonds is 4. The maximum absolute atomic E-state index is 7.02. The molecule has 0 fully saturated rings. The molecule has 0 saturated heterocycles. The van der Waals surface area contributed by atoms with Crippen LogP contribution >= 0.6 is 12.1 Å². The van der Waals surface area contributed by atoms with Gasteiger partial charge in [0.15, 0.2) is 0 Å². The fourth-order valence-electron chi connectivity index (χ4n) is 12.1. The molecule has 4 nitrogen and oxygen atoms in total. The summed E-state index contributed by atoms with van der Waals surface area (Å²) < 4.78 is 0. The van der Waals surface area contributed by atoms with Gasteiger partial charge in [-0.3, -0.25) is 0 Å². The van der Waals surface area contributed by atoms with Gasteiger partial charge in [-0.15, -0.1) is 0 Å². The van der Waals surface area contributed by atoms with Crippen molar-refractivity contribution in [2.45, 2.75) is 41.5 Å². The van der Waals surface area contributed by atoms with Gasteiger partial charge in [0.05, 0.1) is 44.8 Å². The van der Waals surface area contributed by atoms with Crippen LogP contribution in [0.1, 0.15) is 33.4 Å². The third-order valence-corrected chi connectivity index (χ3v) is 25.0. The summed E-state index contributed by atoms with van der Waals surface area (Å²) in [5.41, 5.74) is 17.8. The summed E-state index contributed by atoms with van der Waals surface area (Å²) in [4.78, 5) is 15.6. The first-order chi connectivity index (χ1) is 33.9. The number of benzene rings is 10. The fourth-order valence-corrected chi connectivity index (χ4v) is 22.6. The lowest BCUT2D eigenvalue weighted by atomic mass is 10.0. The number of anilines is 6. The molecular formula is C62H48N4P2S2. The van der Waals surface area contributed by atoms with Gasteiger partial charge in [0.1, 0.15) is 0 Å². The summed E-state index contributed by atoms with van der Waals surface area (Å²) >= 11 is 14.0. The molecule has 0 atom stereocenters. The van der Waals surface area contributed by atoms with Gasteiger partial charge in [-0.25, -0.2) is 9.97 Å². The van der Waals surface area contributed by atoms with Crippen LogP contribution in [-0.4, -0.2) is 9.97 Å². The third kappa shape index (κ3) is 6.20. The largest absolute Gasteiger partial charge is 0.309 e. The Morgan fingerprint density at radius 3 is 1.03 bits per heavy atom. The van der Waals surface area contributed by atoms with Crippen molar-refractivity contribution < 1.29 is 0 Å². The lowest BCUT2D eigenvalue weighted by Crippen LogP contribution is -2.37. The average Bonchev–Trinajstić information content (AvgIpc) is 3.35. The molecule has 2 aliphatic heterocycles. The smallest absolute Gasteiger partial charge is 0.0973 e. The monoisotopic (exact) mass is 974 g/mol. The third-order valence-electron chi connectivity index (χ3n) is 14.6. The molecule has 1 aromatic heterocycles. The van der Waals surface area contributed by atoms with E-state index in [0.29, 0.717) is 0 Å². The highest BCUT2D eigenvalue weighted by Gasteiger charge is 2.40. The zero-order valence-corrected chi connectivity index (χ0v) is 43.2. The normalized spacial score (nSPS) is 14.4. The standard InChI is InChI=1S/C62H48N4P2S2/c1-37-31-39(3)61(40(4)32-37)67(69)55-19-11-7-15-51(55)65(52-16-8-12-20-56(52)67)45-25-27-47-43(35-45)23-29-49-59(47)64-60-48-28-26-46(36-44(48)24-30-50(60)63-49)66-53-17-9-13-21-57(53)68(70,58-22-14-10-18-54(58)66)62-41(5)33-38(2)34-42(62)6/h7-36H,1-6H3. The Balaban J connectivity index is 0.931. The van der Waals surface area contributed by atoms with E-state index in [-0.39, 0.29) is 0 Å². The SMILES string of the molecule is Cc1cc(C)c(P2(=S)c3ccccc3N(c3ccc4c(ccc5nc6ccc7cc(N8c9ccccc9P(=S)(c9c(C)cc(C)cc9C)c9ccccc98)ccc7c6nc54)c3)c3ccccc32)c(C)c1. The zero-order valence-electron chi connectivity index (χ0n) is 39.8. The molecule has 10 aromatic carbocycles. The van der Waals surface area contributed by atoms with Gasteiger partial charge >= 0.3 is 0 Å². The maximum atomic E-state index is 7.02. The molecule has 3 heterocycles. The molecule has 11 aromatic rings. The molecule has 0 spiro atoms. The molecule has 70 heavy (non-hydrogen) atoms. The molecule has 2 aliphatic rings. The molecule has 0 unspecified atom stereocenters. The first-order valence-corrected chi connectivity index (χ1v) is 29.5. The molecule has 0 N–H and O–H groups in total. The molecule has 0 aliphatic carbocycles. The molecular weight excluding hydrogens is 927 g/mol. The molecule has 0 amide bonds. The number of hydrogen-bond donors (Lipinski definition) is 0. The molecule has 0 bridgehead atoms. The van der Waals surface area contributed by atoms with Crippen LogP contribution in [0.15, 0.2) is 182 Å². The molecule has 13 rings (SSSR count). The number of hydrogen-bond acceptors (Lipinski definition) is 6. The summed E-state index contributed by atoms with van der Waals surface area (Å²) in [5.74, 6) is 0. The van der Waals surface area contributed by atoms with E-state index in [4.69, 9.17) is 33.6 Å². The van der Waals surface area contributed by atoms with Gasteiger partial charge in [-0.1, -0.05) is 156 Å². The van der Waals surface area contributed by atoms with Crippen molar-refractivity contribution >= 4 is 145 Å². The first kappa shape index (κ1) is 43.3. The van der Waals surface area contributed by atoms with Gasteiger partial charge in [-0.05, 0) is 146 Å². The van der Waals surface area contributed by atoms with Gasteiger partial charge in [0.25, 0.3) is 0 Å². The van der Waals surface area contributed by atoms with Crippen LogP contribution in [0.2, 0.25) is 0 Å². The quantitative estimate of drug-likeness (QED) is 0.0993. The molecule has 8 heteroatoms. The van der Waals surface area contributed by atoms with Crippen LogP contribution in [0.4, 0.5) is 34.1 Å². The minimum absolute atomic E-state index is 0.873. The van der Waals surface area contributed by atoms with E-state index in [1.54, 1.807) is 0 Å². The van der Waals surface area contributed by atoms with E-state index in [1.807, 2.05) is 0 Å². The summed E-state index contributed by atoms with van der Waals surface area (Å²) in [6.45, 7) is 13.3. The maximum Gasteiger partial charge on any atom is 0.0973 e. The Morgan fingerprint density at radius 2 is 0.686 bits per heavy atom. The average molecular weight is 975 g/mol. The van der Waals surface area contributed by atoms with Crippen LogP contribution in [0.5, 0.6) is 0 Å². The van der Waals surface area contributed by atoms with Crippen molar-refractivity contribution in [2.75, 3.05) is 9.80 Å². The van der Waals surface area contributed by atoms with Crippen molar-refractivity contribution in [2.24, 2.45) is 0 Å². The Bertz CT molecular complexity index is 3780. The predicted octanol–water partition coefficient (Wildman–Crippen LogP) is 14.0. The van der Waals surface area contributed by atoms with E-state index in [0.717, 1.165) is 77.7 Å². The van der Waals surface area contributed by atoms with Gasteiger partial charge < -0.3 is 9.80 Å². The highest BCUT2D eigenvalue weighted by molar-refractivity contribution is 8.26. The number of para-hydroxylation sites is 4. The summed E-state index contributed by atoms with van der Waals surface area (Å²) in [7, 11) is 0. The van der Waals surface area contributed by atoms with E-state index in [2.05, 4.69) is 233 Å². The Morgan fingerprint density at radius 1 is 0.357 bits per heavy atom. The summed E-state index contributed by atoms with van der Waals surface area (Å²) in [6, 6.07) is 61.7. The predicted molar refractivity (Wildman–Crippen MR) is 309 cm³/mol. The fraction of sp³-hybridized carbons (Fsp3) is 0.0968. The zero-order chi connectivity index (χ0) is 47.8. The van der Waals surface area contributed by atoms with Crippen LogP contribution in [0, 0.1) is 41.5 Å². The summed E-state index contributed by atoms with van der Waals surface area (Å²) in [5, 5.41) is 11.8. The van der Waals surface area contributed by atoms with Crippen LogP contribution in [0.25, 0.3) is 43.6 Å². The first-order valence-electron chi connectivity index (χ1n) is 23.9. The Labute approximate surface area is 419 Å². The topological polar surface area (TPSA) is 32.3 Å².